The van der Waals surface area contributed by atoms with Crippen molar-refractivity contribution in [1.29, 1.82) is 0 Å². The zero-order valence-electron chi connectivity index (χ0n) is 7.92. The second kappa shape index (κ2) is 4.99. The van der Waals surface area contributed by atoms with Crippen LogP contribution in [0.3, 0.4) is 0 Å². The fourth-order valence-electron chi connectivity index (χ4n) is 1.15. The van der Waals surface area contributed by atoms with Crippen LogP contribution in [-0.2, 0) is 0 Å². The van der Waals surface area contributed by atoms with Crippen molar-refractivity contribution in [2.75, 3.05) is 0 Å². The zero-order chi connectivity index (χ0) is 11.5. The van der Waals surface area contributed by atoms with E-state index < -0.39 is 0 Å². The molecule has 1 aromatic heterocycles. The van der Waals surface area contributed by atoms with E-state index in [-0.39, 0.29) is 10.6 Å². The lowest BCUT2D eigenvalue weighted by atomic mass is 10.3. The highest BCUT2D eigenvalue weighted by molar-refractivity contribution is 9.10. The molecule has 0 spiro atoms. The highest BCUT2D eigenvalue weighted by Gasteiger charge is 2.15. The molecule has 16 heavy (non-hydrogen) atoms. The van der Waals surface area contributed by atoms with Crippen LogP contribution in [0.4, 0.5) is 5.69 Å². The van der Waals surface area contributed by atoms with Crippen LogP contribution in [0.2, 0.25) is 0 Å². The molecule has 1 heterocycles. The van der Waals surface area contributed by atoms with E-state index in [1.807, 2.05) is 23.6 Å². The summed E-state index contributed by atoms with van der Waals surface area (Å²) in [6.07, 6.45) is 0. The molecule has 0 saturated heterocycles. The molecule has 2 aromatic rings. The summed E-state index contributed by atoms with van der Waals surface area (Å²) in [5.41, 5.74) is 0.132. The van der Waals surface area contributed by atoms with Gasteiger partial charge in [0.25, 0.3) is 5.69 Å². The van der Waals surface area contributed by atoms with Crippen molar-refractivity contribution in [2.24, 2.45) is 0 Å². The molecule has 6 heteroatoms. The van der Waals surface area contributed by atoms with Crippen molar-refractivity contribution in [3.63, 3.8) is 0 Å². The number of halogens is 1. The second-order valence-corrected chi connectivity index (χ2v) is 6.11. The Morgan fingerprint density at radius 1 is 1.38 bits per heavy atom. The fraction of sp³-hybridized carbons (Fsp3) is 0. The number of hydrogen-bond donors (Lipinski definition) is 0. The minimum Gasteiger partial charge on any atom is -0.258 e. The first-order chi connectivity index (χ1) is 7.66. The summed E-state index contributed by atoms with van der Waals surface area (Å²) < 4.78 is 1.76. The van der Waals surface area contributed by atoms with Gasteiger partial charge in [0.05, 0.1) is 14.0 Å². The van der Waals surface area contributed by atoms with Crippen molar-refractivity contribution < 1.29 is 4.92 Å². The number of nitro groups is 1. The molecule has 0 bridgehead atoms. The van der Waals surface area contributed by atoms with E-state index in [0.29, 0.717) is 4.90 Å². The third-order valence-electron chi connectivity index (χ3n) is 1.82. The molecule has 0 atom stereocenters. The van der Waals surface area contributed by atoms with Gasteiger partial charge in [0.1, 0.15) is 0 Å². The van der Waals surface area contributed by atoms with Crippen LogP contribution in [0, 0.1) is 10.1 Å². The van der Waals surface area contributed by atoms with Crippen LogP contribution in [0.5, 0.6) is 0 Å². The van der Waals surface area contributed by atoms with Gasteiger partial charge in [-0.25, -0.2) is 0 Å². The molecule has 1 aromatic carbocycles. The van der Waals surface area contributed by atoms with Gasteiger partial charge in [0.2, 0.25) is 0 Å². The minimum atomic E-state index is -0.360. The van der Waals surface area contributed by atoms with Crippen molar-refractivity contribution in [3.8, 4) is 0 Å². The van der Waals surface area contributed by atoms with Gasteiger partial charge in [-0.15, -0.1) is 11.3 Å². The van der Waals surface area contributed by atoms with E-state index >= 15 is 0 Å². The molecular weight excluding hydrogens is 310 g/mol. The van der Waals surface area contributed by atoms with Crippen LogP contribution < -0.4 is 0 Å². The summed E-state index contributed by atoms with van der Waals surface area (Å²) in [7, 11) is 0. The summed E-state index contributed by atoms with van der Waals surface area (Å²) in [5.74, 6) is 0. The monoisotopic (exact) mass is 315 g/mol. The smallest absolute Gasteiger partial charge is 0.258 e. The van der Waals surface area contributed by atoms with Gasteiger partial charge < -0.3 is 0 Å². The van der Waals surface area contributed by atoms with E-state index in [0.717, 1.165) is 8.68 Å². The second-order valence-electron chi connectivity index (χ2n) is 2.90. The van der Waals surface area contributed by atoms with Crippen molar-refractivity contribution in [3.05, 3.63) is 50.3 Å². The summed E-state index contributed by atoms with van der Waals surface area (Å²) in [6.45, 7) is 0. The van der Waals surface area contributed by atoms with Gasteiger partial charge in [-0.1, -0.05) is 33.8 Å². The average molecular weight is 316 g/mol. The molecule has 0 aliphatic heterocycles. The predicted molar refractivity (Wildman–Crippen MR) is 69.2 cm³/mol. The molecule has 82 valence electrons. The third-order valence-corrected chi connectivity index (χ3v) is 4.42. The minimum absolute atomic E-state index is 0.132. The van der Waals surface area contributed by atoms with E-state index in [2.05, 4.69) is 15.9 Å². The van der Waals surface area contributed by atoms with Gasteiger partial charge in [-0.3, -0.25) is 10.1 Å². The topological polar surface area (TPSA) is 43.1 Å². The van der Waals surface area contributed by atoms with Gasteiger partial charge in [0.15, 0.2) is 0 Å². The Morgan fingerprint density at radius 2 is 2.19 bits per heavy atom. The number of benzene rings is 1. The maximum absolute atomic E-state index is 10.9. The summed E-state index contributed by atoms with van der Waals surface area (Å²) in [4.78, 5) is 11.2. The third kappa shape index (κ3) is 2.63. The lowest BCUT2D eigenvalue weighted by Crippen LogP contribution is -1.90. The molecule has 2 rings (SSSR count). The number of thiophene rings is 1. The van der Waals surface area contributed by atoms with Crippen LogP contribution in [-0.4, -0.2) is 4.92 Å². The lowest BCUT2D eigenvalue weighted by Gasteiger charge is -2.01. The molecule has 0 aliphatic rings. The molecule has 0 aliphatic carbocycles. The van der Waals surface area contributed by atoms with Crippen molar-refractivity contribution >= 4 is 44.7 Å². The number of nitrogens with zero attached hydrogens (tertiary/aromatic N) is 1. The predicted octanol–water partition coefficient (Wildman–Crippen LogP) is 4.57. The van der Waals surface area contributed by atoms with E-state index in [1.165, 1.54) is 17.8 Å². The standard InChI is InChI=1S/C10H6BrNO2S2/c11-7-3-4-9(8(6-7)12(13)14)16-10-2-1-5-15-10/h1-6H. The molecule has 0 saturated carbocycles. The van der Waals surface area contributed by atoms with Gasteiger partial charge >= 0.3 is 0 Å². The maximum Gasteiger partial charge on any atom is 0.284 e. The summed E-state index contributed by atoms with van der Waals surface area (Å²) in [5, 5.41) is 12.8. The Labute approximate surface area is 109 Å². The van der Waals surface area contributed by atoms with Crippen LogP contribution in [0.25, 0.3) is 0 Å². The Kier molecular flexibility index (Phi) is 3.63. The molecule has 0 N–H and O–H groups in total. The molecule has 0 amide bonds. The highest BCUT2D eigenvalue weighted by Crippen LogP contribution is 2.38. The summed E-state index contributed by atoms with van der Waals surface area (Å²) in [6, 6.07) is 8.96. The Bertz CT molecular complexity index is 514. The first-order valence-electron chi connectivity index (χ1n) is 4.32. The summed E-state index contributed by atoms with van der Waals surface area (Å²) >= 11 is 6.22. The number of rotatable bonds is 3. The maximum atomic E-state index is 10.9. The van der Waals surface area contributed by atoms with Crippen molar-refractivity contribution in [1.82, 2.24) is 0 Å². The van der Waals surface area contributed by atoms with E-state index in [1.54, 1.807) is 17.4 Å². The molecule has 0 unspecified atom stereocenters. The zero-order valence-corrected chi connectivity index (χ0v) is 11.1. The van der Waals surface area contributed by atoms with Crippen molar-refractivity contribution in [2.45, 2.75) is 9.10 Å². The highest BCUT2D eigenvalue weighted by atomic mass is 79.9. The number of hydrogen-bond acceptors (Lipinski definition) is 4. The van der Waals surface area contributed by atoms with Crippen LogP contribution in [0.1, 0.15) is 0 Å². The first kappa shape index (κ1) is 11.6. The molecule has 0 fully saturated rings. The Hall–Kier alpha value is -0.850. The Morgan fingerprint density at radius 3 is 2.81 bits per heavy atom. The van der Waals surface area contributed by atoms with E-state index in [4.69, 9.17) is 0 Å². The van der Waals surface area contributed by atoms with Gasteiger partial charge in [-0.2, -0.15) is 0 Å². The van der Waals surface area contributed by atoms with Gasteiger partial charge in [0, 0.05) is 10.5 Å². The normalized spacial score (nSPS) is 10.3. The quantitative estimate of drug-likeness (QED) is 0.615. The van der Waals surface area contributed by atoms with Crippen LogP contribution >= 0.6 is 39.0 Å². The molecule has 0 radical (unpaired) electrons. The first-order valence-corrected chi connectivity index (χ1v) is 6.81. The van der Waals surface area contributed by atoms with E-state index in [9.17, 15) is 10.1 Å². The Balaban J connectivity index is 2.36. The lowest BCUT2D eigenvalue weighted by molar-refractivity contribution is -0.387. The number of nitro benzene ring substituents is 1. The average Bonchev–Trinajstić information content (AvgIpc) is 2.73. The van der Waals surface area contributed by atoms with Crippen LogP contribution in [0.15, 0.2) is 49.3 Å². The fourth-order valence-corrected chi connectivity index (χ4v) is 3.31. The largest absolute Gasteiger partial charge is 0.284 e. The molecule has 3 nitrogen and oxygen atoms in total. The van der Waals surface area contributed by atoms with Gasteiger partial charge in [-0.05, 0) is 23.6 Å². The SMILES string of the molecule is O=[N+]([O-])c1cc(Br)ccc1Sc1cccs1. The molecular formula is C10H6BrNO2S2.